The summed E-state index contributed by atoms with van der Waals surface area (Å²) in [4.78, 5) is 29.3. The molecule has 0 radical (unpaired) electrons. The lowest BCUT2D eigenvalue weighted by Gasteiger charge is -2.38. The molecule has 6 nitrogen and oxygen atoms in total. The molecule has 1 aromatic rings. The van der Waals surface area contributed by atoms with Crippen molar-refractivity contribution in [2.75, 3.05) is 40.0 Å². The molecule has 2 aliphatic rings. The van der Waals surface area contributed by atoms with Crippen LogP contribution in [-0.2, 0) is 9.53 Å². The highest BCUT2D eigenvalue weighted by molar-refractivity contribution is 5.97. The van der Waals surface area contributed by atoms with Crippen LogP contribution in [0.4, 0.5) is 0 Å². The van der Waals surface area contributed by atoms with Crippen molar-refractivity contribution < 1.29 is 19.1 Å². The molecule has 0 saturated carbocycles. The Balaban J connectivity index is 1.75. The first-order valence-corrected chi connectivity index (χ1v) is 8.52. The summed E-state index contributed by atoms with van der Waals surface area (Å²) in [5, 5.41) is 0. The van der Waals surface area contributed by atoms with E-state index in [2.05, 4.69) is 0 Å². The van der Waals surface area contributed by atoms with E-state index in [-0.39, 0.29) is 17.9 Å². The number of benzene rings is 1. The fourth-order valence-corrected chi connectivity index (χ4v) is 3.33. The first kappa shape index (κ1) is 16.8. The fraction of sp³-hybridized carbons (Fsp3) is 0.556. The van der Waals surface area contributed by atoms with Crippen LogP contribution in [0.5, 0.6) is 5.75 Å². The van der Waals surface area contributed by atoms with E-state index in [9.17, 15) is 9.59 Å². The number of piperidine rings is 1. The SMILES string of the molecule is COc1ccc(C(=O)N2CCCCC2C(=O)N2CCOCC2)cc1. The van der Waals surface area contributed by atoms with Gasteiger partial charge in [0.1, 0.15) is 11.8 Å². The van der Waals surface area contributed by atoms with E-state index in [4.69, 9.17) is 9.47 Å². The summed E-state index contributed by atoms with van der Waals surface area (Å²) in [7, 11) is 1.60. The smallest absolute Gasteiger partial charge is 0.254 e. The average molecular weight is 332 g/mol. The van der Waals surface area contributed by atoms with E-state index in [0.29, 0.717) is 44.2 Å². The van der Waals surface area contributed by atoms with Gasteiger partial charge in [-0.3, -0.25) is 9.59 Å². The summed E-state index contributed by atoms with van der Waals surface area (Å²) in [5.74, 6) is 0.690. The van der Waals surface area contributed by atoms with Crippen LogP contribution in [0.2, 0.25) is 0 Å². The summed E-state index contributed by atoms with van der Waals surface area (Å²) < 4.78 is 10.5. The van der Waals surface area contributed by atoms with Gasteiger partial charge in [-0.2, -0.15) is 0 Å². The molecule has 3 rings (SSSR count). The van der Waals surface area contributed by atoms with Crippen LogP contribution < -0.4 is 4.74 Å². The van der Waals surface area contributed by atoms with Gasteiger partial charge in [0.15, 0.2) is 0 Å². The molecule has 1 aromatic carbocycles. The Morgan fingerprint density at radius 2 is 1.79 bits per heavy atom. The molecule has 2 aliphatic heterocycles. The van der Waals surface area contributed by atoms with Crippen LogP contribution in [0, 0.1) is 0 Å². The van der Waals surface area contributed by atoms with Gasteiger partial charge in [-0.1, -0.05) is 0 Å². The Kier molecular flexibility index (Phi) is 5.35. The van der Waals surface area contributed by atoms with Crippen LogP contribution in [0.3, 0.4) is 0 Å². The third-order valence-corrected chi connectivity index (χ3v) is 4.71. The maximum Gasteiger partial charge on any atom is 0.254 e. The van der Waals surface area contributed by atoms with Crippen molar-refractivity contribution in [1.82, 2.24) is 9.80 Å². The van der Waals surface area contributed by atoms with Crippen molar-refractivity contribution in [2.24, 2.45) is 0 Å². The zero-order valence-electron chi connectivity index (χ0n) is 14.1. The highest BCUT2D eigenvalue weighted by atomic mass is 16.5. The Morgan fingerprint density at radius 3 is 2.46 bits per heavy atom. The van der Waals surface area contributed by atoms with Crippen molar-refractivity contribution in [2.45, 2.75) is 25.3 Å². The predicted molar refractivity (Wildman–Crippen MR) is 89.1 cm³/mol. The lowest BCUT2D eigenvalue weighted by atomic mass is 9.99. The molecule has 0 N–H and O–H groups in total. The number of nitrogens with zero attached hydrogens (tertiary/aromatic N) is 2. The molecule has 2 heterocycles. The second-order valence-electron chi connectivity index (χ2n) is 6.18. The molecule has 1 atom stereocenters. The van der Waals surface area contributed by atoms with Gasteiger partial charge in [0.2, 0.25) is 5.91 Å². The third-order valence-electron chi connectivity index (χ3n) is 4.71. The summed E-state index contributed by atoms with van der Waals surface area (Å²) >= 11 is 0. The molecule has 2 amide bonds. The first-order chi connectivity index (χ1) is 11.7. The highest BCUT2D eigenvalue weighted by Crippen LogP contribution is 2.23. The van der Waals surface area contributed by atoms with Crippen molar-refractivity contribution in [3.05, 3.63) is 29.8 Å². The normalized spacial score (nSPS) is 21.5. The van der Waals surface area contributed by atoms with Gasteiger partial charge in [-0.05, 0) is 43.5 Å². The van der Waals surface area contributed by atoms with E-state index in [1.807, 2.05) is 4.90 Å². The number of ether oxygens (including phenoxy) is 2. The molecule has 6 heteroatoms. The van der Waals surface area contributed by atoms with E-state index in [0.717, 1.165) is 19.3 Å². The van der Waals surface area contributed by atoms with Gasteiger partial charge in [-0.15, -0.1) is 0 Å². The van der Waals surface area contributed by atoms with Gasteiger partial charge in [-0.25, -0.2) is 0 Å². The number of rotatable bonds is 3. The van der Waals surface area contributed by atoms with Gasteiger partial charge in [0, 0.05) is 25.2 Å². The molecule has 0 spiro atoms. The lowest BCUT2D eigenvalue weighted by Crippen LogP contribution is -2.55. The van der Waals surface area contributed by atoms with E-state index < -0.39 is 0 Å². The second kappa shape index (κ2) is 7.66. The minimum atomic E-state index is -0.355. The number of methoxy groups -OCH3 is 1. The second-order valence-corrected chi connectivity index (χ2v) is 6.18. The molecule has 1 unspecified atom stereocenters. The topological polar surface area (TPSA) is 59.1 Å². The molecule has 0 aromatic heterocycles. The number of carbonyl (C=O) groups is 2. The van der Waals surface area contributed by atoms with E-state index in [1.165, 1.54) is 0 Å². The summed E-state index contributed by atoms with van der Waals surface area (Å²) in [6.45, 7) is 3.00. The largest absolute Gasteiger partial charge is 0.497 e. The molecule has 24 heavy (non-hydrogen) atoms. The Bertz CT molecular complexity index is 581. The zero-order valence-corrected chi connectivity index (χ0v) is 14.1. The van der Waals surface area contributed by atoms with Crippen molar-refractivity contribution in [3.8, 4) is 5.75 Å². The maximum absolute atomic E-state index is 12.9. The van der Waals surface area contributed by atoms with Crippen molar-refractivity contribution in [3.63, 3.8) is 0 Å². The number of likely N-dealkylation sites (tertiary alicyclic amines) is 1. The van der Waals surface area contributed by atoms with Crippen LogP contribution in [0.1, 0.15) is 29.6 Å². The number of hydrogen-bond donors (Lipinski definition) is 0. The van der Waals surface area contributed by atoms with Crippen molar-refractivity contribution >= 4 is 11.8 Å². The molecular weight excluding hydrogens is 308 g/mol. The van der Waals surface area contributed by atoms with Gasteiger partial charge < -0.3 is 19.3 Å². The fourth-order valence-electron chi connectivity index (χ4n) is 3.33. The highest BCUT2D eigenvalue weighted by Gasteiger charge is 2.35. The van der Waals surface area contributed by atoms with Crippen LogP contribution in [0.15, 0.2) is 24.3 Å². The first-order valence-electron chi connectivity index (χ1n) is 8.52. The predicted octanol–water partition coefficient (Wildman–Crippen LogP) is 1.55. The van der Waals surface area contributed by atoms with Crippen LogP contribution in [-0.4, -0.2) is 67.6 Å². The summed E-state index contributed by atoms with van der Waals surface area (Å²) in [5.41, 5.74) is 0.595. The molecule has 0 aliphatic carbocycles. The van der Waals surface area contributed by atoms with Crippen LogP contribution in [0.25, 0.3) is 0 Å². The van der Waals surface area contributed by atoms with E-state index in [1.54, 1.807) is 36.3 Å². The average Bonchev–Trinajstić information content (AvgIpc) is 2.67. The summed E-state index contributed by atoms with van der Waals surface area (Å²) in [6, 6.07) is 6.70. The number of amides is 2. The standard InChI is InChI=1S/C18H24N2O4/c1-23-15-7-5-14(6-8-15)17(21)20-9-3-2-4-16(20)18(22)19-10-12-24-13-11-19/h5-8,16H,2-4,9-13H2,1H3. The Labute approximate surface area is 142 Å². The van der Waals surface area contributed by atoms with Gasteiger partial charge in [0.05, 0.1) is 20.3 Å². The zero-order chi connectivity index (χ0) is 16.9. The van der Waals surface area contributed by atoms with E-state index >= 15 is 0 Å². The molecule has 130 valence electrons. The quantitative estimate of drug-likeness (QED) is 0.843. The number of carbonyl (C=O) groups excluding carboxylic acids is 2. The van der Waals surface area contributed by atoms with Gasteiger partial charge in [0.25, 0.3) is 5.91 Å². The minimum Gasteiger partial charge on any atom is -0.497 e. The molecule has 2 fully saturated rings. The number of hydrogen-bond acceptors (Lipinski definition) is 4. The maximum atomic E-state index is 12.9. The molecule has 0 bridgehead atoms. The lowest BCUT2D eigenvalue weighted by molar-refractivity contribution is -0.141. The van der Waals surface area contributed by atoms with Crippen molar-refractivity contribution in [1.29, 1.82) is 0 Å². The monoisotopic (exact) mass is 332 g/mol. The van der Waals surface area contributed by atoms with Gasteiger partial charge >= 0.3 is 0 Å². The third kappa shape index (κ3) is 3.53. The Hall–Kier alpha value is -2.08. The molecular formula is C18H24N2O4. The summed E-state index contributed by atoms with van der Waals surface area (Å²) in [6.07, 6.45) is 2.65. The minimum absolute atomic E-state index is 0.0554. The molecule has 2 saturated heterocycles. The Morgan fingerprint density at radius 1 is 1.08 bits per heavy atom. The van der Waals surface area contributed by atoms with Crippen LogP contribution >= 0.6 is 0 Å². The number of morpholine rings is 1.